The van der Waals surface area contributed by atoms with Crippen molar-refractivity contribution in [3.63, 3.8) is 0 Å². The second-order valence-corrected chi connectivity index (χ2v) is 4.22. The fourth-order valence-corrected chi connectivity index (χ4v) is 1.72. The van der Waals surface area contributed by atoms with Crippen molar-refractivity contribution >= 4 is 23.5 Å². The molecule has 0 heterocycles. The number of aliphatic carboxylic acids is 1. The Kier molecular flexibility index (Phi) is 6.13. The summed E-state index contributed by atoms with van der Waals surface area (Å²) in [5.74, 6) is -1.80. The number of hydrogen-bond donors (Lipinski definition) is 2. The fourth-order valence-electron chi connectivity index (χ4n) is 1.72. The van der Waals surface area contributed by atoms with Crippen molar-refractivity contribution in [1.82, 2.24) is 4.90 Å². The van der Waals surface area contributed by atoms with Gasteiger partial charge >= 0.3 is 5.97 Å². The van der Waals surface area contributed by atoms with Crippen molar-refractivity contribution in [1.29, 1.82) is 0 Å². The Morgan fingerprint density at radius 1 is 1.10 bits per heavy atom. The molecule has 0 aliphatic heterocycles. The molecule has 0 aliphatic carbocycles. The van der Waals surface area contributed by atoms with Crippen LogP contribution in [0.3, 0.4) is 0 Å². The van der Waals surface area contributed by atoms with Crippen LogP contribution in [0, 0.1) is 0 Å². The molecule has 0 aromatic heterocycles. The molecular weight excluding hydrogens is 272 g/mol. The maximum Gasteiger partial charge on any atom is 0.328 e. The van der Waals surface area contributed by atoms with E-state index in [1.807, 2.05) is 13.8 Å². The van der Waals surface area contributed by atoms with Gasteiger partial charge in [0, 0.05) is 36.5 Å². The second-order valence-electron chi connectivity index (χ2n) is 4.22. The summed E-state index contributed by atoms with van der Waals surface area (Å²) in [7, 11) is 0. The van der Waals surface area contributed by atoms with Crippen molar-refractivity contribution < 1.29 is 19.5 Å². The number of carboxylic acid groups (broad SMARTS) is 1. The van der Waals surface area contributed by atoms with Crippen LogP contribution in [0.25, 0.3) is 0 Å². The van der Waals surface area contributed by atoms with Gasteiger partial charge in [-0.1, -0.05) is 0 Å². The maximum atomic E-state index is 12.1. The topological polar surface area (TPSA) is 86.7 Å². The van der Waals surface area contributed by atoms with Gasteiger partial charge in [-0.05, 0) is 38.1 Å². The normalized spacial score (nSPS) is 10.4. The average Bonchev–Trinajstić information content (AvgIpc) is 2.47. The zero-order valence-corrected chi connectivity index (χ0v) is 12.0. The lowest BCUT2D eigenvalue weighted by molar-refractivity contribution is -0.131. The van der Waals surface area contributed by atoms with E-state index in [9.17, 15) is 14.4 Å². The molecule has 112 valence electrons. The first-order valence-corrected chi connectivity index (χ1v) is 6.59. The smallest absolute Gasteiger partial charge is 0.328 e. The molecule has 0 saturated heterocycles. The van der Waals surface area contributed by atoms with Crippen LogP contribution in [0.5, 0.6) is 0 Å². The highest BCUT2D eigenvalue weighted by Crippen LogP contribution is 2.11. The molecule has 2 N–H and O–H groups in total. The molecule has 21 heavy (non-hydrogen) atoms. The van der Waals surface area contributed by atoms with Crippen molar-refractivity contribution in [2.24, 2.45) is 0 Å². The van der Waals surface area contributed by atoms with Crippen LogP contribution < -0.4 is 5.32 Å². The summed E-state index contributed by atoms with van der Waals surface area (Å²) in [4.78, 5) is 35.5. The van der Waals surface area contributed by atoms with Gasteiger partial charge in [0.05, 0.1) is 0 Å². The van der Waals surface area contributed by atoms with E-state index in [4.69, 9.17) is 5.11 Å². The number of hydrogen-bond acceptors (Lipinski definition) is 3. The van der Waals surface area contributed by atoms with Gasteiger partial charge in [-0.2, -0.15) is 0 Å². The molecule has 1 aromatic carbocycles. The number of nitrogens with one attached hydrogen (secondary N) is 1. The minimum absolute atomic E-state index is 0.0661. The number of carbonyl (C=O) groups excluding carboxylic acids is 2. The monoisotopic (exact) mass is 290 g/mol. The van der Waals surface area contributed by atoms with E-state index >= 15 is 0 Å². The molecule has 1 rings (SSSR count). The minimum Gasteiger partial charge on any atom is -0.478 e. The molecule has 0 fully saturated rings. The SMILES string of the molecule is CCN(CC)C(=O)c1ccc(NC(=O)/C=C/C(=O)O)cc1. The third-order valence-electron chi connectivity index (χ3n) is 2.83. The van der Waals surface area contributed by atoms with E-state index in [0.717, 1.165) is 12.2 Å². The van der Waals surface area contributed by atoms with Crippen LogP contribution in [0.4, 0.5) is 5.69 Å². The highest BCUT2D eigenvalue weighted by Gasteiger charge is 2.11. The van der Waals surface area contributed by atoms with Crippen molar-refractivity contribution in [2.45, 2.75) is 13.8 Å². The van der Waals surface area contributed by atoms with Crippen LogP contribution in [-0.4, -0.2) is 40.9 Å². The van der Waals surface area contributed by atoms with Crippen molar-refractivity contribution in [2.75, 3.05) is 18.4 Å². The lowest BCUT2D eigenvalue weighted by Gasteiger charge is -2.18. The molecule has 0 unspecified atom stereocenters. The molecule has 0 aliphatic rings. The summed E-state index contributed by atoms with van der Waals surface area (Å²) < 4.78 is 0. The van der Waals surface area contributed by atoms with Crippen molar-refractivity contribution in [3.8, 4) is 0 Å². The van der Waals surface area contributed by atoms with E-state index in [1.165, 1.54) is 0 Å². The Balaban J connectivity index is 2.72. The number of anilines is 1. The lowest BCUT2D eigenvalue weighted by atomic mass is 10.1. The van der Waals surface area contributed by atoms with Gasteiger partial charge in [0.1, 0.15) is 0 Å². The second kappa shape index (κ2) is 7.84. The van der Waals surface area contributed by atoms with E-state index < -0.39 is 11.9 Å². The minimum atomic E-state index is -1.19. The number of rotatable bonds is 6. The van der Waals surface area contributed by atoms with E-state index in [0.29, 0.717) is 24.3 Å². The molecule has 1 aromatic rings. The highest BCUT2D eigenvalue weighted by molar-refractivity contribution is 6.02. The first kappa shape index (κ1) is 16.4. The predicted octanol–water partition coefficient (Wildman–Crippen LogP) is 1.75. The van der Waals surface area contributed by atoms with Crippen molar-refractivity contribution in [3.05, 3.63) is 42.0 Å². The number of carboxylic acids is 1. The Hall–Kier alpha value is -2.63. The number of benzene rings is 1. The molecule has 0 bridgehead atoms. The molecular formula is C15H18N2O4. The summed E-state index contributed by atoms with van der Waals surface area (Å²) in [6.45, 7) is 5.08. The van der Waals surface area contributed by atoms with Gasteiger partial charge in [-0.25, -0.2) is 4.79 Å². The average molecular weight is 290 g/mol. The van der Waals surface area contributed by atoms with Crippen LogP contribution in [0.2, 0.25) is 0 Å². The summed E-state index contributed by atoms with van der Waals surface area (Å²) in [5, 5.41) is 10.9. The fraction of sp³-hybridized carbons (Fsp3) is 0.267. The quantitative estimate of drug-likeness (QED) is 0.781. The zero-order valence-electron chi connectivity index (χ0n) is 12.0. The summed E-state index contributed by atoms with van der Waals surface area (Å²) in [6.07, 6.45) is 1.69. The van der Waals surface area contributed by atoms with Crippen LogP contribution in [0.15, 0.2) is 36.4 Å². The molecule has 0 spiro atoms. The van der Waals surface area contributed by atoms with Crippen LogP contribution >= 0.6 is 0 Å². The molecule has 2 amide bonds. The van der Waals surface area contributed by atoms with Gasteiger partial charge in [-0.3, -0.25) is 9.59 Å². The van der Waals surface area contributed by atoms with Crippen LogP contribution in [0.1, 0.15) is 24.2 Å². The zero-order chi connectivity index (χ0) is 15.8. The third kappa shape index (κ3) is 5.10. The van der Waals surface area contributed by atoms with E-state index in [-0.39, 0.29) is 5.91 Å². The molecule has 6 nitrogen and oxygen atoms in total. The van der Waals surface area contributed by atoms with Gasteiger partial charge in [0.15, 0.2) is 0 Å². The Morgan fingerprint density at radius 3 is 2.14 bits per heavy atom. The molecule has 0 atom stereocenters. The first-order chi connectivity index (χ1) is 9.97. The Bertz CT molecular complexity index is 545. The predicted molar refractivity (Wildman–Crippen MR) is 79.1 cm³/mol. The Morgan fingerprint density at radius 2 is 1.67 bits per heavy atom. The molecule has 0 saturated carbocycles. The number of amides is 2. The molecule has 6 heteroatoms. The van der Waals surface area contributed by atoms with Crippen LogP contribution in [-0.2, 0) is 9.59 Å². The first-order valence-electron chi connectivity index (χ1n) is 6.59. The van der Waals surface area contributed by atoms with Gasteiger partial charge < -0.3 is 15.3 Å². The maximum absolute atomic E-state index is 12.1. The summed E-state index contributed by atoms with van der Waals surface area (Å²) in [5.41, 5.74) is 1.03. The van der Waals surface area contributed by atoms with Gasteiger partial charge in [-0.15, -0.1) is 0 Å². The summed E-state index contributed by atoms with van der Waals surface area (Å²) in [6, 6.07) is 6.45. The van der Waals surface area contributed by atoms with E-state index in [2.05, 4.69) is 5.32 Å². The standard InChI is InChI=1S/C15H18N2O4/c1-3-17(4-2)15(21)11-5-7-12(8-6-11)16-13(18)9-10-14(19)20/h5-10H,3-4H2,1-2H3,(H,16,18)(H,19,20)/b10-9+. The third-order valence-corrected chi connectivity index (χ3v) is 2.83. The highest BCUT2D eigenvalue weighted by atomic mass is 16.4. The van der Waals surface area contributed by atoms with Gasteiger partial charge in [0.25, 0.3) is 5.91 Å². The number of carbonyl (C=O) groups is 3. The van der Waals surface area contributed by atoms with E-state index in [1.54, 1.807) is 29.2 Å². The largest absolute Gasteiger partial charge is 0.478 e. The lowest BCUT2D eigenvalue weighted by Crippen LogP contribution is -2.30. The Labute approximate surface area is 123 Å². The van der Waals surface area contributed by atoms with Gasteiger partial charge in [0.2, 0.25) is 5.91 Å². The number of nitrogens with zero attached hydrogens (tertiary/aromatic N) is 1. The molecule has 0 radical (unpaired) electrons. The summed E-state index contributed by atoms with van der Waals surface area (Å²) >= 11 is 0.